The van der Waals surface area contributed by atoms with Crippen molar-refractivity contribution >= 4 is 40.3 Å². The number of carbonyl (C=O) groups excluding carboxylic acids is 2. The Morgan fingerprint density at radius 3 is 2.56 bits per heavy atom. The molecule has 1 aliphatic heterocycles. The van der Waals surface area contributed by atoms with Crippen LogP contribution in [-0.2, 0) is 18.4 Å². The molecule has 1 atom stereocenters. The minimum absolute atomic E-state index is 0.0441. The zero-order chi connectivity index (χ0) is 19.3. The van der Waals surface area contributed by atoms with E-state index in [4.69, 9.17) is 11.6 Å². The average Bonchev–Trinajstić information content (AvgIpc) is 3.05. The van der Waals surface area contributed by atoms with Gasteiger partial charge in [-0.3, -0.25) is 14.6 Å². The summed E-state index contributed by atoms with van der Waals surface area (Å²) in [4.78, 5) is 32.6. The molecule has 27 heavy (non-hydrogen) atoms. The summed E-state index contributed by atoms with van der Waals surface area (Å²) >= 11 is 6.01. The fourth-order valence-corrected chi connectivity index (χ4v) is 3.48. The molecular formula is C19H16ClFN4O2. The van der Waals surface area contributed by atoms with Crippen molar-refractivity contribution in [2.24, 2.45) is 7.05 Å². The maximum Gasteiger partial charge on any atom is 0.332 e. The number of imidazole rings is 1. The molecule has 0 radical (unpaired) electrons. The summed E-state index contributed by atoms with van der Waals surface area (Å²) in [5, 5.41) is 0.566. The van der Waals surface area contributed by atoms with Crippen molar-refractivity contribution in [3.63, 3.8) is 0 Å². The molecule has 2 heterocycles. The number of fused-ring (bicyclic) bond motifs is 1. The van der Waals surface area contributed by atoms with Gasteiger partial charge in [0, 0.05) is 17.8 Å². The zero-order valence-corrected chi connectivity index (χ0v) is 15.4. The van der Waals surface area contributed by atoms with Gasteiger partial charge in [0.15, 0.2) is 0 Å². The summed E-state index contributed by atoms with van der Waals surface area (Å²) in [6, 6.07) is 9.71. The number of aromatic nitrogens is 2. The Morgan fingerprint density at radius 1 is 1.15 bits per heavy atom. The number of hydrogen-bond acceptors (Lipinski definition) is 3. The predicted molar refractivity (Wildman–Crippen MR) is 100 cm³/mol. The number of aryl methyl sites for hydroxylation is 1. The van der Waals surface area contributed by atoms with E-state index in [0.717, 1.165) is 10.4 Å². The highest BCUT2D eigenvalue weighted by molar-refractivity contribution is 6.31. The van der Waals surface area contributed by atoms with E-state index >= 15 is 0 Å². The maximum atomic E-state index is 13.2. The van der Waals surface area contributed by atoms with Gasteiger partial charge in [-0.1, -0.05) is 11.6 Å². The molecule has 0 saturated carbocycles. The molecule has 0 aliphatic carbocycles. The summed E-state index contributed by atoms with van der Waals surface area (Å²) in [5.41, 5.74) is 2.03. The van der Waals surface area contributed by atoms with Crippen LogP contribution in [0.5, 0.6) is 0 Å². The van der Waals surface area contributed by atoms with Crippen molar-refractivity contribution in [1.82, 2.24) is 14.5 Å². The number of anilines is 1. The molecular weight excluding hydrogens is 371 g/mol. The van der Waals surface area contributed by atoms with Crippen LogP contribution in [0.3, 0.4) is 0 Å². The summed E-state index contributed by atoms with van der Waals surface area (Å²) in [5.74, 6) is -0.156. The van der Waals surface area contributed by atoms with Crippen LogP contribution in [0.15, 0.2) is 42.5 Å². The highest BCUT2D eigenvalue weighted by atomic mass is 35.5. The van der Waals surface area contributed by atoms with Gasteiger partial charge in [-0.05, 0) is 49.4 Å². The lowest BCUT2D eigenvalue weighted by molar-refractivity contribution is -0.127. The number of amides is 3. The van der Waals surface area contributed by atoms with E-state index < -0.39 is 17.9 Å². The van der Waals surface area contributed by atoms with E-state index in [1.54, 1.807) is 19.1 Å². The normalized spacial score (nSPS) is 17.4. The standard InChI is InChI=1S/C19H16ClFN4O2/c1-11-18(26)24(19(27)25(11)14-6-4-13(21)5-7-14)10-17-22-15-9-12(20)3-8-16(15)23(17)2/h3-9,11H,10H2,1-2H3/t11-/m0/s1. The Morgan fingerprint density at radius 2 is 1.85 bits per heavy atom. The molecule has 0 N–H and O–H groups in total. The SMILES string of the molecule is C[C@H]1C(=O)N(Cc2nc3cc(Cl)ccc3n2C)C(=O)N1c1ccc(F)cc1. The van der Waals surface area contributed by atoms with Gasteiger partial charge in [-0.15, -0.1) is 0 Å². The Labute approximate surface area is 159 Å². The van der Waals surface area contributed by atoms with Crippen LogP contribution in [-0.4, -0.2) is 32.4 Å². The van der Waals surface area contributed by atoms with Crippen LogP contribution in [0, 0.1) is 5.82 Å². The number of urea groups is 1. The number of carbonyl (C=O) groups is 2. The lowest BCUT2D eigenvalue weighted by Gasteiger charge is -2.19. The van der Waals surface area contributed by atoms with Crippen molar-refractivity contribution in [2.75, 3.05) is 4.90 Å². The summed E-state index contributed by atoms with van der Waals surface area (Å²) < 4.78 is 15.0. The van der Waals surface area contributed by atoms with Crippen molar-refractivity contribution in [3.8, 4) is 0 Å². The number of benzene rings is 2. The van der Waals surface area contributed by atoms with Gasteiger partial charge < -0.3 is 4.57 Å². The third-order valence-electron chi connectivity index (χ3n) is 4.79. The molecule has 1 fully saturated rings. The Balaban J connectivity index is 1.66. The molecule has 1 aromatic heterocycles. The monoisotopic (exact) mass is 386 g/mol. The van der Waals surface area contributed by atoms with Crippen LogP contribution in [0.25, 0.3) is 11.0 Å². The third-order valence-corrected chi connectivity index (χ3v) is 5.02. The lowest BCUT2D eigenvalue weighted by atomic mass is 10.2. The molecule has 6 nitrogen and oxygen atoms in total. The van der Waals surface area contributed by atoms with Crippen molar-refractivity contribution in [3.05, 3.63) is 59.1 Å². The largest absolute Gasteiger partial charge is 0.332 e. The minimum Gasteiger partial charge on any atom is -0.330 e. The maximum absolute atomic E-state index is 13.2. The van der Waals surface area contributed by atoms with Gasteiger partial charge in [0.25, 0.3) is 5.91 Å². The first-order valence-corrected chi connectivity index (χ1v) is 8.75. The van der Waals surface area contributed by atoms with Crippen LogP contribution in [0.2, 0.25) is 5.02 Å². The molecule has 138 valence electrons. The first kappa shape index (κ1) is 17.5. The Bertz CT molecular complexity index is 1060. The minimum atomic E-state index is -0.674. The zero-order valence-electron chi connectivity index (χ0n) is 14.7. The number of rotatable bonds is 3. The second-order valence-corrected chi connectivity index (χ2v) is 6.89. The third kappa shape index (κ3) is 2.84. The molecule has 8 heteroatoms. The van der Waals surface area contributed by atoms with E-state index in [9.17, 15) is 14.0 Å². The van der Waals surface area contributed by atoms with Gasteiger partial charge >= 0.3 is 6.03 Å². The Hall–Kier alpha value is -2.93. The van der Waals surface area contributed by atoms with Gasteiger partial charge in [0.1, 0.15) is 17.7 Å². The van der Waals surface area contributed by atoms with E-state index in [1.165, 1.54) is 29.2 Å². The number of nitrogens with zero attached hydrogens (tertiary/aromatic N) is 4. The van der Waals surface area contributed by atoms with Gasteiger partial charge in [0.2, 0.25) is 0 Å². The first-order valence-electron chi connectivity index (χ1n) is 8.38. The Kier molecular flexibility index (Phi) is 4.11. The molecule has 0 unspecified atom stereocenters. The summed E-state index contributed by atoms with van der Waals surface area (Å²) in [6.45, 7) is 1.70. The molecule has 1 saturated heterocycles. The molecule has 3 amide bonds. The fraction of sp³-hybridized carbons (Fsp3) is 0.211. The number of imide groups is 1. The smallest absolute Gasteiger partial charge is 0.330 e. The van der Waals surface area contributed by atoms with E-state index in [1.807, 2.05) is 17.7 Å². The van der Waals surface area contributed by atoms with Crippen LogP contribution >= 0.6 is 11.6 Å². The van der Waals surface area contributed by atoms with E-state index in [-0.39, 0.29) is 12.5 Å². The molecule has 1 aliphatic rings. The summed E-state index contributed by atoms with van der Waals surface area (Å²) in [7, 11) is 1.82. The first-order chi connectivity index (χ1) is 12.9. The fourth-order valence-electron chi connectivity index (χ4n) is 3.31. The molecule has 4 rings (SSSR count). The molecule has 3 aromatic rings. The topological polar surface area (TPSA) is 58.4 Å². The second-order valence-electron chi connectivity index (χ2n) is 6.45. The van der Waals surface area contributed by atoms with Crippen molar-refractivity contribution in [1.29, 1.82) is 0 Å². The highest BCUT2D eigenvalue weighted by Crippen LogP contribution is 2.28. The molecule has 2 aromatic carbocycles. The summed E-state index contributed by atoms with van der Waals surface area (Å²) in [6.07, 6.45) is 0. The van der Waals surface area contributed by atoms with Crippen LogP contribution in [0.1, 0.15) is 12.7 Å². The average molecular weight is 387 g/mol. The van der Waals surface area contributed by atoms with Crippen molar-refractivity contribution in [2.45, 2.75) is 19.5 Å². The molecule has 0 spiro atoms. The quantitative estimate of drug-likeness (QED) is 0.644. The van der Waals surface area contributed by atoms with Gasteiger partial charge in [-0.2, -0.15) is 0 Å². The van der Waals surface area contributed by atoms with Gasteiger partial charge in [-0.25, -0.2) is 14.2 Å². The van der Waals surface area contributed by atoms with Crippen molar-refractivity contribution < 1.29 is 14.0 Å². The molecule has 0 bridgehead atoms. The van der Waals surface area contributed by atoms with Gasteiger partial charge in [0.05, 0.1) is 17.6 Å². The van der Waals surface area contributed by atoms with E-state index in [0.29, 0.717) is 22.1 Å². The van der Waals surface area contributed by atoms with Crippen LogP contribution in [0.4, 0.5) is 14.9 Å². The number of hydrogen-bond donors (Lipinski definition) is 0. The predicted octanol–water partition coefficient (Wildman–Crippen LogP) is 3.72. The van der Waals surface area contributed by atoms with Crippen LogP contribution < -0.4 is 4.90 Å². The highest BCUT2D eigenvalue weighted by Gasteiger charge is 2.43. The van der Waals surface area contributed by atoms with E-state index in [2.05, 4.69) is 4.98 Å². The second kappa shape index (κ2) is 6.35. The number of halogens is 2. The lowest BCUT2D eigenvalue weighted by Crippen LogP contribution is -2.34.